The van der Waals surface area contributed by atoms with Crippen molar-refractivity contribution in [3.63, 3.8) is 0 Å². The molecule has 0 saturated heterocycles. The van der Waals surface area contributed by atoms with Crippen LogP contribution < -0.4 is 5.43 Å². The molecule has 7 nitrogen and oxygen atoms in total. The maximum atomic E-state index is 11.9. The summed E-state index contributed by atoms with van der Waals surface area (Å²) in [6, 6.07) is 15.2. The molecule has 7 heteroatoms. The van der Waals surface area contributed by atoms with Gasteiger partial charge in [0.2, 0.25) is 0 Å². The number of hydrogen-bond acceptors (Lipinski definition) is 4. The predicted octanol–water partition coefficient (Wildman–Crippen LogP) is 2.56. The van der Waals surface area contributed by atoms with Crippen LogP contribution in [0.15, 0.2) is 60.0 Å². The zero-order chi connectivity index (χ0) is 17.5. The molecule has 3 rings (SSSR count). The van der Waals surface area contributed by atoms with Gasteiger partial charge in [0.05, 0.1) is 25.2 Å². The highest BCUT2D eigenvalue weighted by Crippen LogP contribution is 2.20. The summed E-state index contributed by atoms with van der Waals surface area (Å²) in [6.45, 7) is 0.499. The monoisotopic (exact) mass is 332 g/mol. The predicted molar refractivity (Wildman–Crippen MR) is 93.7 cm³/mol. The van der Waals surface area contributed by atoms with Gasteiger partial charge in [-0.25, -0.2) is 5.43 Å². The first-order chi connectivity index (χ1) is 12.3. The van der Waals surface area contributed by atoms with Crippen molar-refractivity contribution in [2.75, 3.05) is 0 Å². The van der Waals surface area contributed by atoms with E-state index in [9.17, 15) is 4.79 Å². The fourth-order valence-corrected chi connectivity index (χ4v) is 2.32. The van der Waals surface area contributed by atoms with Crippen molar-refractivity contribution < 1.29 is 4.79 Å². The summed E-state index contributed by atoms with van der Waals surface area (Å²) in [4.78, 5) is 14.7. The van der Waals surface area contributed by atoms with E-state index in [1.54, 1.807) is 29.2 Å². The van der Waals surface area contributed by atoms with Crippen LogP contribution in [-0.4, -0.2) is 26.9 Å². The number of amides is 1. The molecule has 0 atom stereocenters. The van der Waals surface area contributed by atoms with Crippen molar-refractivity contribution in [1.82, 2.24) is 20.2 Å². The normalized spacial score (nSPS) is 10.7. The molecule has 0 aliphatic carbocycles. The lowest BCUT2D eigenvalue weighted by atomic mass is 10.1. The lowest BCUT2D eigenvalue weighted by molar-refractivity contribution is 0.0951. The summed E-state index contributed by atoms with van der Waals surface area (Å²) in [6.07, 6.45) is 5.41. The first-order valence-corrected chi connectivity index (χ1v) is 7.74. The maximum absolute atomic E-state index is 11.9. The Kier molecular flexibility index (Phi) is 5.02. The van der Waals surface area contributed by atoms with Crippen molar-refractivity contribution in [2.24, 2.45) is 5.10 Å². The molecule has 0 saturated carbocycles. The van der Waals surface area contributed by atoms with E-state index in [0.717, 1.165) is 16.8 Å². The van der Waals surface area contributed by atoms with Crippen molar-refractivity contribution in [2.45, 2.75) is 13.0 Å². The molecule has 124 valence electrons. The van der Waals surface area contributed by atoms with Crippen LogP contribution in [0, 0.1) is 11.3 Å². The van der Waals surface area contributed by atoms with E-state index < -0.39 is 0 Å². The van der Waals surface area contributed by atoms with Crippen LogP contribution in [0.2, 0.25) is 0 Å². The van der Waals surface area contributed by atoms with Gasteiger partial charge in [-0.2, -0.15) is 15.5 Å². The molecule has 0 unspecified atom stereocenters. The van der Waals surface area contributed by atoms with Gasteiger partial charge in [-0.3, -0.25) is 9.48 Å². The van der Waals surface area contributed by atoms with Crippen LogP contribution in [0.5, 0.6) is 0 Å². The molecule has 0 fully saturated rings. The van der Waals surface area contributed by atoms with E-state index >= 15 is 0 Å². The maximum Gasteiger partial charge on any atom is 0.287 e. The quantitative estimate of drug-likeness (QED) is 0.536. The van der Waals surface area contributed by atoms with Gasteiger partial charge in [0.15, 0.2) is 0 Å². The molecule has 0 spiro atoms. The Labute approximate surface area is 144 Å². The molecule has 2 heterocycles. The summed E-state index contributed by atoms with van der Waals surface area (Å²) in [5, 5.41) is 17.3. The number of carbonyl (C=O) groups excluding carboxylic acids is 1. The zero-order valence-electron chi connectivity index (χ0n) is 13.4. The van der Waals surface area contributed by atoms with E-state index in [1.165, 1.54) is 0 Å². The van der Waals surface area contributed by atoms with Gasteiger partial charge in [0, 0.05) is 23.5 Å². The highest BCUT2D eigenvalue weighted by molar-refractivity contribution is 5.94. The minimum Gasteiger partial charge on any atom is -0.357 e. The topological polar surface area (TPSA) is 98.9 Å². The second-order valence-corrected chi connectivity index (χ2v) is 5.25. The van der Waals surface area contributed by atoms with Gasteiger partial charge in [0.1, 0.15) is 11.4 Å². The minimum atomic E-state index is -0.320. The molecule has 1 aromatic carbocycles. The number of hydrazone groups is 1. The van der Waals surface area contributed by atoms with Gasteiger partial charge < -0.3 is 4.98 Å². The number of rotatable bonds is 6. The Morgan fingerprint density at radius 2 is 2.16 bits per heavy atom. The van der Waals surface area contributed by atoms with Gasteiger partial charge in [-0.05, 0) is 12.1 Å². The number of nitriles is 1. The minimum absolute atomic E-state index is 0.320. The van der Waals surface area contributed by atoms with Gasteiger partial charge >= 0.3 is 0 Å². The van der Waals surface area contributed by atoms with Gasteiger partial charge in [-0.15, -0.1) is 0 Å². The van der Waals surface area contributed by atoms with Crippen molar-refractivity contribution >= 4 is 12.1 Å². The number of nitrogens with zero attached hydrogens (tertiary/aromatic N) is 4. The zero-order valence-corrected chi connectivity index (χ0v) is 13.4. The number of H-pyrrole nitrogens is 1. The number of aromatic amines is 1. The molecule has 0 radical (unpaired) electrons. The second kappa shape index (κ2) is 7.75. The molecular formula is C18H16N6O. The lowest BCUT2D eigenvalue weighted by Gasteiger charge is -1.99. The molecule has 0 bridgehead atoms. The third kappa shape index (κ3) is 4.00. The second-order valence-electron chi connectivity index (χ2n) is 5.25. The van der Waals surface area contributed by atoms with Crippen LogP contribution in [0.1, 0.15) is 22.5 Å². The number of aromatic nitrogens is 3. The molecule has 0 aliphatic heterocycles. The van der Waals surface area contributed by atoms with E-state index in [4.69, 9.17) is 5.26 Å². The Morgan fingerprint density at radius 1 is 1.32 bits per heavy atom. The molecule has 3 aromatic rings. The highest BCUT2D eigenvalue weighted by atomic mass is 16.2. The summed E-state index contributed by atoms with van der Waals surface area (Å²) in [5.41, 5.74) is 5.36. The first kappa shape index (κ1) is 16.2. The van der Waals surface area contributed by atoms with Crippen molar-refractivity contribution in [3.8, 4) is 17.3 Å². The SMILES string of the molecule is N#CCCn1cc(/C=N\NC(=O)c2ccc[nH]2)c(-c2ccccc2)n1. The largest absolute Gasteiger partial charge is 0.357 e. The fraction of sp³-hybridized carbons (Fsp3) is 0.111. The number of carbonyl (C=O) groups is 1. The van der Waals surface area contributed by atoms with Crippen LogP contribution in [0.25, 0.3) is 11.3 Å². The van der Waals surface area contributed by atoms with Crippen LogP contribution >= 0.6 is 0 Å². The summed E-state index contributed by atoms with van der Waals surface area (Å²) in [7, 11) is 0. The van der Waals surface area contributed by atoms with Crippen molar-refractivity contribution in [3.05, 3.63) is 66.1 Å². The van der Waals surface area contributed by atoms with Gasteiger partial charge in [0.25, 0.3) is 5.91 Å². The number of benzene rings is 1. The average molecular weight is 332 g/mol. The molecule has 2 N–H and O–H groups in total. The van der Waals surface area contributed by atoms with Crippen LogP contribution in [0.4, 0.5) is 0 Å². The van der Waals surface area contributed by atoms with E-state index in [-0.39, 0.29) is 5.91 Å². The van der Waals surface area contributed by atoms with E-state index in [1.807, 2.05) is 36.5 Å². The van der Waals surface area contributed by atoms with E-state index in [0.29, 0.717) is 18.7 Å². The van der Waals surface area contributed by atoms with E-state index in [2.05, 4.69) is 26.7 Å². The molecule has 2 aromatic heterocycles. The van der Waals surface area contributed by atoms with Gasteiger partial charge in [-0.1, -0.05) is 30.3 Å². The standard InChI is InChI=1S/C18H16N6O/c19-9-5-11-24-13-15(17(23-24)14-6-2-1-3-7-14)12-21-22-18(25)16-8-4-10-20-16/h1-4,6-8,10,12-13,20H,5,11H2,(H,22,25)/b21-12-. The van der Waals surface area contributed by atoms with Crippen LogP contribution in [-0.2, 0) is 6.54 Å². The number of aryl methyl sites for hydroxylation is 1. The average Bonchev–Trinajstić information content (AvgIpc) is 3.31. The fourth-order valence-electron chi connectivity index (χ4n) is 2.32. The Hall–Kier alpha value is -3.66. The number of hydrogen-bond donors (Lipinski definition) is 2. The third-order valence-corrected chi connectivity index (χ3v) is 3.50. The van der Waals surface area contributed by atoms with Crippen LogP contribution in [0.3, 0.4) is 0 Å². The Balaban J connectivity index is 1.81. The molecule has 25 heavy (non-hydrogen) atoms. The molecule has 0 aliphatic rings. The highest BCUT2D eigenvalue weighted by Gasteiger charge is 2.10. The summed E-state index contributed by atoms with van der Waals surface area (Å²) < 4.78 is 1.71. The first-order valence-electron chi connectivity index (χ1n) is 7.74. The van der Waals surface area contributed by atoms with Crippen molar-refractivity contribution in [1.29, 1.82) is 5.26 Å². The molecular weight excluding hydrogens is 316 g/mol. The Morgan fingerprint density at radius 3 is 2.88 bits per heavy atom. The third-order valence-electron chi connectivity index (χ3n) is 3.50. The Bertz CT molecular complexity index is 903. The molecule has 1 amide bonds. The smallest absolute Gasteiger partial charge is 0.287 e. The number of nitrogens with one attached hydrogen (secondary N) is 2. The summed E-state index contributed by atoms with van der Waals surface area (Å²) in [5.74, 6) is -0.320. The summed E-state index contributed by atoms with van der Waals surface area (Å²) >= 11 is 0. The lowest BCUT2D eigenvalue weighted by Crippen LogP contribution is -2.17.